The number of ether oxygens (including phenoxy) is 2. The van der Waals surface area contributed by atoms with Gasteiger partial charge in [-0.05, 0) is 32.1 Å². The number of hydrogen-bond donors (Lipinski definition) is 1. The summed E-state index contributed by atoms with van der Waals surface area (Å²) in [7, 11) is 0. The molecule has 0 unspecified atom stereocenters. The Balaban J connectivity index is 2.18. The smallest absolute Gasteiger partial charge is 0.166 e. The number of aliphatic hydroxyl groups excluding tert-OH is 1. The molecule has 0 radical (unpaired) electrons. The van der Waals surface area contributed by atoms with E-state index in [1.54, 1.807) is 6.92 Å². The predicted molar refractivity (Wildman–Crippen MR) is 57.4 cm³/mol. The molecule has 2 rings (SSSR count). The second-order valence-electron chi connectivity index (χ2n) is 5.49. The average Bonchev–Trinajstić information content (AvgIpc) is 2.38. The van der Waals surface area contributed by atoms with E-state index in [1.807, 2.05) is 6.92 Å². The minimum Gasteiger partial charge on any atom is -0.391 e. The molecule has 88 valence electrons. The monoisotopic (exact) mass is 214 g/mol. The molecule has 0 aromatic rings. The van der Waals surface area contributed by atoms with Crippen LogP contribution >= 0.6 is 0 Å². The molecular weight excluding hydrogens is 192 g/mol. The van der Waals surface area contributed by atoms with Gasteiger partial charge in [0.05, 0.1) is 12.2 Å². The van der Waals surface area contributed by atoms with E-state index in [0.29, 0.717) is 11.8 Å². The van der Waals surface area contributed by atoms with Crippen molar-refractivity contribution in [1.29, 1.82) is 0 Å². The van der Waals surface area contributed by atoms with Crippen molar-refractivity contribution in [3.05, 3.63) is 0 Å². The van der Waals surface area contributed by atoms with Gasteiger partial charge in [0.15, 0.2) is 5.79 Å². The summed E-state index contributed by atoms with van der Waals surface area (Å²) < 4.78 is 11.8. The SMILES string of the molecule is CC(C)[C@@H]1CC[C@@]2(C)O[C@@H]([C@H](C)O)[C@@H]1O2. The maximum Gasteiger partial charge on any atom is 0.166 e. The highest BCUT2D eigenvalue weighted by Crippen LogP contribution is 2.45. The van der Waals surface area contributed by atoms with E-state index < -0.39 is 11.9 Å². The van der Waals surface area contributed by atoms with Gasteiger partial charge in [-0.2, -0.15) is 0 Å². The summed E-state index contributed by atoms with van der Waals surface area (Å²) in [5, 5.41) is 9.71. The van der Waals surface area contributed by atoms with Crippen molar-refractivity contribution in [3.8, 4) is 0 Å². The van der Waals surface area contributed by atoms with Crippen molar-refractivity contribution in [1.82, 2.24) is 0 Å². The lowest BCUT2D eigenvalue weighted by atomic mass is 9.81. The van der Waals surface area contributed by atoms with Gasteiger partial charge in [0.25, 0.3) is 0 Å². The van der Waals surface area contributed by atoms with Crippen molar-refractivity contribution in [2.45, 2.75) is 64.6 Å². The molecule has 0 spiro atoms. The maximum absolute atomic E-state index is 9.71. The molecule has 0 aromatic carbocycles. The summed E-state index contributed by atoms with van der Waals surface area (Å²) in [6.45, 7) is 8.20. The zero-order valence-electron chi connectivity index (χ0n) is 10.1. The number of rotatable bonds is 2. The molecule has 2 aliphatic rings. The summed E-state index contributed by atoms with van der Waals surface area (Å²) in [5.41, 5.74) is 0. The van der Waals surface area contributed by atoms with Crippen LogP contribution in [0.4, 0.5) is 0 Å². The lowest BCUT2D eigenvalue weighted by Crippen LogP contribution is -2.41. The molecule has 1 N–H and O–H groups in total. The fourth-order valence-electron chi connectivity index (χ4n) is 2.87. The summed E-state index contributed by atoms with van der Waals surface area (Å²) >= 11 is 0. The van der Waals surface area contributed by atoms with Gasteiger partial charge < -0.3 is 14.6 Å². The molecular formula is C12H22O3. The van der Waals surface area contributed by atoms with Crippen LogP contribution in [-0.2, 0) is 9.47 Å². The van der Waals surface area contributed by atoms with Crippen molar-refractivity contribution < 1.29 is 14.6 Å². The minimum absolute atomic E-state index is 0.0729. The van der Waals surface area contributed by atoms with Gasteiger partial charge >= 0.3 is 0 Å². The van der Waals surface area contributed by atoms with Crippen LogP contribution in [0.5, 0.6) is 0 Å². The Kier molecular flexibility index (Phi) is 2.82. The average molecular weight is 214 g/mol. The largest absolute Gasteiger partial charge is 0.391 e. The topological polar surface area (TPSA) is 38.7 Å². The van der Waals surface area contributed by atoms with E-state index >= 15 is 0 Å². The third-order valence-electron chi connectivity index (χ3n) is 3.78. The van der Waals surface area contributed by atoms with Gasteiger partial charge in [-0.3, -0.25) is 0 Å². The van der Waals surface area contributed by atoms with Gasteiger partial charge in [0, 0.05) is 6.42 Å². The van der Waals surface area contributed by atoms with Crippen LogP contribution in [0.1, 0.15) is 40.5 Å². The Morgan fingerprint density at radius 1 is 1.27 bits per heavy atom. The van der Waals surface area contributed by atoms with Crippen LogP contribution in [0.3, 0.4) is 0 Å². The van der Waals surface area contributed by atoms with Gasteiger partial charge in [-0.25, -0.2) is 0 Å². The van der Waals surface area contributed by atoms with Crippen LogP contribution in [0.15, 0.2) is 0 Å². The Labute approximate surface area is 91.8 Å². The van der Waals surface area contributed by atoms with E-state index in [2.05, 4.69) is 13.8 Å². The molecule has 0 aromatic heterocycles. The summed E-state index contributed by atoms with van der Waals surface area (Å²) in [4.78, 5) is 0. The van der Waals surface area contributed by atoms with E-state index in [-0.39, 0.29) is 12.2 Å². The fourth-order valence-corrected chi connectivity index (χ4v) is 2.87. The lowest BCUT2D eigenvalue weighted by Gasteiger charge is -2.35. The van der Waals surface area contributed by atoms with Crippen LogP contribution in [0, 0.1) is 11.8 Å². The molecule has 0 saturated carbocycles. The molecule has 3 nitrogen and oxygen atoms in total. The van der Waals surface area contributed by atoms with Crippen LogP contribution in [0.25, 0.3) is 0 Å². The Morgan fingerprint density at radius 2 is 1.93 bits per heavy atom. The number of fused-ring (bicyclic) bond motifs is 2. The highest BCUT2D eigenvalue weighted by Gasteiger charge is 2.53. The first-order valence-corrected chi connectivity index (χ1v) is 5.97. The highest BCUT2D eigenvalue weighted by molar-refractivity contribution is 4.95. The Bertz CT molecular complexity index is 239. The number of aliphatic hydroxyl groups is 1. The van der Waals surface area contributed by atoms with Gasteiger partial charge in [0.2, 0.25) is 0 Å². The van der Waals surface area contributed by atoms with Crippen molar-refractivity contribution in [2.75, 3.05) is 0 Å². The van der Waals surface area contributed by atoms with Crippen LogP contribution < -0.4 is 0 Å². The first-order chi connectivity index (χ1) is 6.93. The van der Waals surface area contributed by atoms with Gasteiger partial charge in [-0.15, -0.1) is 0 Å². The van der Waals surface area contributed by atoms with Crippen LogP contribution in [-0.4, -0.2) is 29.2 Å². The van der Waals surface area contributed by atoms with Gasteiger partial charge in [0.1, 0.15) is 6.10 Å². The van der Waals surface area contributed by atoms with Crippen LogP contribution in [0.2, 0.25) is 0 Å². The Morgan fingerprint density at radius 3 is 2.47 bits per heavy atom. The molecule has 2 heterocycles. The fraction of sp³-hybridized carbons (Fsp3) is 1.00. The third-order valence-corrected chi connectivity index (χ3v) is 3.78. The molecule has 2 saturated heterocycles. The summed E-state index contributed by atoms with van der Waals surface area (Å²) in [5.74, 6) is 0.653. The van der Waals surface area contributed by atoms with E-state index in [9.17, 15) is 5.11 Å². The highest BCUT2D eigenvalue weighted by atomic mass is 16.8. The van der Waals surface area contributed by atoms with E-state index in [1.165, 1.54) is 0 Å². The molecule has 2 aliphatic heterocycles. The quantitative estimate of drug-likeness (QED) is 0.763. The lowest BCUT2D eigenvalue weighted by molar-refractivity contribution is -0.194. The molecule has 3 heteroatoms. The normalized spacial score (nSPS) is 47.2. The molecule has 0 aliphatic carbocycles. The van der Waals surface area contributed by atoms with Crippen molar-refractivity contribution in [2.24, 2.45) is 11.8 Å². The molecule has 2 fully saturated rings. The third kappa shape index (κ3) is 1.93. The first kappa shape index (κ1) is 11.4. The zero-order valence-corrected chi connectivity index (χ0v) is 10.1. The summed E-state index contributed by atoms with van der Waals surface area (Å²) in [6, 6.07) is 0. The molecule has 15 heavy (non-hydrogen) atoms. The maximum atomic E-state index is 9.71. The predicted octanol–water partition coefficient (Wildman–Crippen LogP) is 1.93. The first-order valence-electron chi connectivity index (χ1n) is 5.97. The standard InChI is InChI=1S/C12H22O3/c1-7(2)9-5-6-12(4)14-10(8(3)13)11(9)15-12/h7-11,13H,5-6H2,1-4H3/t8-,9-,10-,11+,12-/m0/s1. The minimum atomic E-state index is -0.448. The number of hydrogen-bond acceptors (Lipinski definition) is 3. The summed E-state index contributed by atoms with van der Waals surface area (Å²) in [6.07, 6.45) is 1.56. The zero-order chi connectivity index (χ0) is 11.2. The van der Waals surface area contributed by atoms with E-state index in [0.717, 1.165) is 12.8 Å². The molecule has 2 bridgehead atoms. The van der Waals surface area contributed by atoms with Crippen molar-refractivity contribution >= 4 is 0 Å². The van der Waals surface area contributed by atoms with Crippen molar-refractivity contribution in [3.63, 3.8) is 0 Å². The molecule has 5 atom stereocenters. The molecule has 0 amide bonds. The second-order valence-corrected chi connectivity index (χ2v) is 5.49. The van der Waals surface area contributed by atoms with Gasteiger partial charge in [-0.1, -0.05) is 13.8 Å². The Hall–Kier alpha value is -0.120. The van der Waals surface area contributed by atoms with E-state index in [4.69, 9.17) is 9.47 Å². The second kappa shape index (κ2) is 3.72.